The first kappa shape index (κ1) is 25.2. The monoisotopic (exact) mass is 440 g/mol. The first-order valence-electron chi connectivity index (χ1n) is 11.5. The second kappa shape index (κ2) is 13.4. The molecule has 2 rings (SSSR count). The quantitative estimate of drug-likeness (QED) is 0.511. The van der Waals surface area contributed by atoms with Gasteiger partial charge in [-0.3, -0.25) is 9.59 Å². The topological polar surface area (TPSA) is 67.9 Å². The van der Waals surface area contributed by atoms with Crippen LogP contribution in [0.3, 0.4) is 0 Å². The van der Waals surface area contributed by atoms with E-state index in [-0.39, 0.29) is 11.8 Å². The van der Waals surface area contributed by atoms with Crippen molar-refractivity contribution in [2.45, 2.75) is 52.5 Å². The van der Waals surface area contributed by atoms with Crippen molar-refractivity contribution >= 4 is 11.8 Å². The fraction of sp³-hybridized carbons (Fsp3) is 0.462. The molecule has 0 bridgehead atoms. The molecule has 2 amide bonds. The Balaban J connectivity index is 2.12. The normalized spacial score (nSPS) is 11.5. The molecule has 0 aliphatic carbocycles. The van der Waals surface area contributed by atoms with E-state index in [1.165, 1.54) is 0 Å². The van der Waals surface area contributed by atoms with Gasteiger partial charge in [0.15, 0.2) is 11.5 Å². The van der Waals surface area contributed by atoms with E-state index >= 15 is 0 Å². The second-order valence-electron chi connectivity index (χ2n) is 7.51. The van der Waals surface area contributed by atoms with Gasteiger partial charge in [0, 0.05) is 20.0 Å². The zero-order valence-electron chi connectivity index (χ0n) is 19.7. The first-order chi connectivity index (χ1) is 15.5. The van der Waals surface area contributed by atoms with E-state index in [1.807, 2.05) is 69.3 Å². The summed E-state index contributed by atoms with van der Waals surface area (Å²) in [5, 5.41) is 2.70. The number of hydrogen-bond donors (Lipinski definition) is 1. The van der Waals surface area contributed by atoms with Gasteiger partial charge in [-0.15, -0.1) is 0 Å². The highest BCUT2D eigenvalue weighted by Crippen LogP contribution is 2.29. The summed E-state index contributed by atoms with van der Waals surface area (Å²) in [6.07, 6.45) is 2.16. The fourth-order valence-electron chi connectivity index (χ4n) is 3.71. The van der Waals surface area contributed by atoms with Crippen LogP contribution in [0.2, 0.25) is 0 Å². The highest BCUT2D eigenvalue weighted by atomic mass is 16.5. The van der Waals surface area contributed by atoms with Crippen LogP contribution in [-0.2, 0) is 22.4 Å². The predicted molar refractivity (Wildman–Crippen MR) is 127 cm³/mol. The van der Waals surface area contributed by atoms with E-state index in [0.29, 0.717) is 56.9 Å². The molecule has 0 fully saturated rings. The van der Waals surface area contributed by atoms with Crippen LogP contribution < -0.4 is 14.8 Å². The molecule has 0 saturated heterocycles. The Labute approximate surface area is 191 Å². The Morgan fingerprint density at radius 1 is 0.906 bits per heavy atom. The lowest BCUT2D eigenvalue weighted by Crippen LogP contribution is -2.49. The number of carbonyl (C=O) groups excluding carboxylic acids is 2. The number of hydrogen-bond acceptors (Lipinski definition) is 4. The van der Waals surface area contributed by atoms with Crippen molar-refractivity contribution in [2.24, 2.45) is 0 Å². The predicted octanol–water partition coefficient (Wildman–Crippen LogP) is 4.01. The van der Waals surface area contributed by atoms with Crippen LogP contribution in [0.15, 0.2) is 48.5 Å². The van der Waals surface area contributed by atoms with E-state index in [4.69, 9.17) is 9.47 Å². The summed E-state index contributed by atoms with van der Waals surface area (Å²) < 4.78 is 11.3. The van der Waals surface area contributed by atoms with Gasteiger partial charge >= 0.3 is 0 Å². The summed E-state index contributed by atoms with van der Waals surface area (Å²) in [6, 6.07) is 15.3. The highest BCUT2D eigenvalue weighted by Gasteiger charge is 2.27. The molecule has 2 aromatic rings. The third kappa shape index (κ3) is 7.29. The highest BCUT2D eigenvalue weighted by molar-refractivity contribution is 5.87. The molecule has 0 saturated carbocycles. The minimum atomic E-state index is -0.476. The Kier molecular flexibility index (Phi) is 10.6. The molecule has 0 aliphatic rings. The molecular weight excluding hydrogens is 404 g/mol. The molecule has 0 aromatic heterocycles. The Morgan fingerprint density at radius 3 is 2.22 bits per heavy atom. The van der Waals surface area contributed by atoms with Crippen molar-refractivity contribution in [3.63, 3.8) is 0 Å². The largest absolute Gasteiger partial charge is 0.490 e. The zero-order chi connectivity index (χ0) is 23.3. The number of nitrogens with zero attached hydrogens (tertiary/aromatic N) is 1. The SMILES string of the molecule is CCOc1ccc(CCC(=O)N(CCc2ccccc2)C(CC)C(=O)NC)cc1OCC. The molecular formula is C26H36N2O4. The Morgan fingerprint density at radius 2 is 1.59 bits per heavy atom. The number of aryl methyl sites for hydroxylation is 1. The van der Waals surface area contributed by atoms with Gasteiger partial charge in [-0.1, -0.05) is 43.3 Å². The van der Waals surface area contributed by atoms with Crippen LogP contribution in [0.1, 0.15) is 44.7 Å². The zero-order valence-corrected chi connectivity index (χ0v) is 19.7. The van der Waals surface area contributed by atoms with Gasteiger partial charge in [0.25, 0.3) is 0 Å². The minimum Gasteiger partial charge on any atom is -0.490 e. The summed E-state index contributed by atoms with van der Waals surface area (Å²) in [5.74, 6) is 1.24. The molecule has 6 heteroatoms. The first-order valence-corrected chi connectivity index (χ1v) is 11.5. The number of ether oxygens (including phenoxy) is 2. The molecule has 2 aromatic carbocycles. The lowest BCUT2D eigenvalue weighted by Gasteiger charge is -2.30. The number of carbonyl (C=O) groups is 2. The number of benzene rings is 2. The molecule has 0 aliphatic heterocycles. The van der Waals surface area contributed by atoms with Crippen LogP contribution in [-0.4, -0.2) is 49.6 Å². The Hall–Kier alpha value is -3.02. The number of amides is 2. The molecule has 1 atom stereocenters. The van der Waals surface area contributed by atoms with E-state index in [9.17, 15) is 9.59 Å². The molecule has 1 N–H and O–H groups in total. The van der Waals surface area contributed by atoms with E-state index in [0.717, 1.165) is 11.1 Å². The molecule has 174 valence electrons. The van der Waals surface area contributed by atoms with Gasteiger partial charge in [0.2, 0.25) is 11.8 Å². The van der Waals surface area contributed by atoms with Gasteiger partial charge < -0.3 is 19.7 Å². The number of likely N-dealkylation sites (N-methyl/N-ethyl adjacent to an activating group) is 1. The van der Waals surface area contributed by atoms with Crippen molar-refractivity contribution in [3.05, 3.63) is 59.7 Å². The van der Waals surface area contributed by atoms with Crippen molar-refractivity contribution in [1.29, 1.82) is 0 Å². The van der Waals surface area contributed by atoms with Crippen LogP contribution in [0.5, 0.6) is 11.5 Å². The molecule has 0 spiro atoms. The van der Waals surface area contributed by atoms with Gasteiger partial charge in [0.05, 0.1) is 13.2 Å². The standard InChI is InChI=1S/C26H36N2O4/c1-5-22(26(30)27-4)28(18-17-20-11-9-8-10-12-20)25(29)16-14-21-13-15-23(31-6-2)24(19-21)32-7-3/h8-13,15,19,22H,5-7,14,16-18H2,1-4H3,(H,27,30). The number of nitrogens with one attached hydrogen (secondary N) is 1. The second-order valence-corrected chi connectivity index (χ2v) is 7.51. The van der Waals surface area contributed by atoms with Crippen molar-refractivity contribution in [1.82, 2.24) is 10.2 Å². The van der Waals surface area contributed by atoms with Gasteiger partial charge in [0.1, 0.15) is 6.04 Å². The maximum Gasteiger partial charge on any atom is 0.242 e. The smallest absolute Gasteiger partial charge is 0.242 e. The summed E-state index contributed by atoms with van der Waals surface area (Å²) >= 11 is 0. The van der Waals surface area contributed by atoms with Gasteiger partial charge in [-0.2, -0.15) is 0 Å². The van der Waals surface area contributed by atoms with Crippen molar-refractivity contribution in [3.8, 4) is 11.5 Å². The molecule has 32 heavy (non-hydrogen) atoms. The molecule has 0 heterocycles. The summed E-state index contributed by atoms with van der Waals surface area (Å²) in [4.78, 5) is 27.4. The summed E-state index contributed by atoms with van der Waals surface area (Å²) in [5.41, 5.74) is 2.14. The number of rotatable bonds is 13. The molecule has 0 radical (unpaired) electrons. The maximum atomic E-state index is 13.2. The summed E-state index contributed by atoms with van der Waals surface area (Å²) in [6.45, 7) is 7.40. The minimum absolute atomic E-state index is 0.0248. The van der Waals surface area contributed by atoms with E-state index in [1.54, 1.807) is 11.9 Å². The van der Waals surface area contributed by atoms with Crippen molar-refractivity contribution < 1.29 is 19.1 Å². The van der Waals surface area contributed by atoms with E-state index in [2.05, 4.69) is 5.32 Å². The lowest BCUT2D eigenvalue weighted by molar-refractivity contribution is -0.140. The third-order valence-electron chi connectivity index (χ3n) is 5.35. The van der Waals surface area contributed by atoms with Crippen molar-refractivity contribution in [2.75, 3.05) is 26.8 Å². The Bertz CT molecular complexity index is 854. The van der Waals surface area contributed by atoms with Gasteiger partial charge in [-0.05, 0) is 56.4 Å². The van der Waals surface area contributed by atoms with Gasteiger partial charge in [-0.25, -0.2) is 0 Å². The average Bonchev–Trinajstić information content (AvgIpc) is 2.82. The third-order valence-corrected chi connectivity index (χ3v) is 5.35. The lowest BCUT2D eigenvalue weighted by atomic mass is 10.1. The maximum absolute atomic E-state index is 13.2. The summed E-state index contributed by atoms with van der Waals surface area (Å²) in [7, 11) is 1.61. The van der Waals surface area contributed by atoms with Crippen LogP contribution in [0, 0.1) is 0 Å². The van der Waals surface area contributed by atoms with Crippen LogP contribution in [0.4, 0.5) is 0 Å². The molecule has 6 nitrogen and oxygen atoms in total. The molecule has 1 unspecified atom stereocenters. The van der Waals surface area contributed by atoms with Crippen LogP contribution >= 0.6 is 0 Å². The van der Waals surface area contributed by atoms with Crippen LogP contribution in [0.25, 0.3) is 0 Å². The fourth-order valence-corrected chi connectivity index (χ4v) is 3.71. The average molecular weight is 441 g/mol. The van der Waals surface area contributed by atoms with E-state index < -0.39 is 6.04 Å².